The first-order chi connectivity index (χ1) is 8.18. The Morgan fingerprint density at radius 1 is 1.26 bits per heavy atom. The summed E-state index contributed by atoms with van der Waals surface area (Å²) in [5, 5.41) is 0. The predicted molar refractivity (Wildman–Crippen MR) is 63.0 cm³/mol. The zero-order valence-electron chi connectivity index (χ0n) is 10.3. The molecule has 0 radical (unpaired) electrons. The van der Waals surface area contributed by atoms with E-state index in [0.717, 1.165) is 12.1 Å². The second-order valence-corrected chi connectivity index (χ2v) is 6.69. The van der Waals surface area contributed by atoms with E-state index in [9.17, 15) is 21.4 Å². The predicted octanol–water partition coefficient (Wildman–Crippen LogP) is -2.15. The molecule has 6 nitrogen and oxygen atoms in total. The topological polar surface area (TPSA) is 101 Å². The van der Waals surface area contributed by atoms with Crippen LogP contribution in [0.5, 0.6) is 0 Å². The van der Waals surface area contributed by atoms with E-state index >= 15 is 0 Å². The van der Waals surface area contributed by atoms with E-state index in [1.54, 1.807) is 0 Å². The Balaban J connectivity index is 0.00000324. The zero-order valence-corrected chi connectivity index (χ0v) is 14.7. The van der Waals surface area contributed by atoms with Gasteiger partial charge in [0.05, 0.1) is 16.4 Å². The Morgan fingerprint density at radius 3 is 2.32 bits per heavy atom. The summed E-state index contributed by atoms with van der Waals surface area (Å²) in [5.41, 5.74) is 0.168. The number of alkyl halides is 1. The van der Waals surface area contributed by atoms with Gasteiger partial charge in [-0.3, -0.25) is 4.18 Å². The van der Waals surface area contributed by atoms with Crippen LogP contribution >= 0.6 is 11.6 Å². The van der Waals surface area contributed by atoms with Crippen molar-refractivity contribution in [3.8, 4) is 0 Å². The average molecular weight is 337 g/mol. The Morgan fingerprint density at radius 2 is 1.84 bits per heavy atom. The van der Waals surface area contributed by atoms with Gasteiger partial charge in [0.15, 0.2) is 0 Å². The molecule has 0 saturated carbocycles. The van der Waals surface area contributed by atoms with Crippen molar-refractivity contribution in [3.05, 3.63) is 23.8 Å². The van der Waals surface area contributed by atoms with Gasteiger partial charge in [0.25, 0.3) is 10.1 Å². The fraction of sp³-hybridized carbons (Fsp3) is 0.333. The third-order valence-corrected chi connectivity index (χ3v) is 4.47. The summed E-state index contributed by atoms with van der Waals surface area (Å²) in [6, 6.07) is 3.16. The first-order valence-electron chi connectivity index (χ1n) is 4.70. The molecule has 0 unspecified atom stereocenters. The second kappa shape index (κ2) is 7.37. The number of benzene rings is 1. The van der Waals surface area contributed by atoms with Crippen LogP contribution in [0.1, 0.15) is 5.56 Å². The molecule has 0 bridgehead atoms. The minimum absolute atomic E-state index is 0. The molecule has 102 valence electrons. The third-order valence-electron chi connectivity index (χ3n) is 2.03. The average Bonchev–Trinajstić information content (AvgIpc) is 2.25. The Hall–Kier alpha value is 0.330. The fourth-order valence-electron chi connectivity index (χ4n) is 1.21. The van der Waals surface area contributed by atoms with E-state index in [2.05, 4.69) is 4.18 Å². The molecule has 10 heteroatoms. The smallest absolute Gasteiger partial charge is 0.744 e. The Kier molecular flexibility index (Phi) is 7.50. The number of hydrogen-bond acceptors (Lipinski definition) is 6. The van der Waals surface area contributed by atoms with Crippen molar-refractivity contribution in [3.63, 3.8) is 0 Å². The maximum atomic E-state index is 11.6. The van der Waals surface area contributed by atoms with Crippen molar-refractivity contribution in [2.45, 2.75) is 16.7 Å². The van der Waals surface area contributed by atoms with E-state index < -0.39 is 30.0 Å². The molecule has 1 aromatic rings. The summed E-state index contributed by atoms with van der Waals surface area (Å²) in [6.45, 7) is 1.15. The molecule has 0 aliphatic heterocycles. The van der Waals surface area contributed by atoms with Gasteiger partial charge in [-0.2, -0.15) is 8.42 Å². The van der Waals surface area contributed by atoms with Gasteiger partial charge in [-0.1, -0.05) is 6.07 Å². The number of halogens is 1. The quantitative estimate of drug-likeness (QED) is 0.263. The van der Waals surface area contributed by atoms with Crippen LogP contribution in [0.2, 0.25) is 0 Å². The molecule has 0 saturated heterocycles. The standard InChI is InChI=1S/C9H11ClO6S2.Na/c1-7-2-3-8(6-9(7)17(11,12)13)18(14,15)16-5-4-10;/h2-3,6H,4-5H2,1H3,(H,11,12,13);/q;+1/p-1. The van der Waals surface area contributed by atoms with E-state index in [0.29, 0.717) is 0 Å². The van der Waals surface area contributed by atoms with Crippen LogP contribution in [0, 0.1) is 6.92 Å². The second-order valence-electron chi connectivity index (χ2n) is 3.35. The molecule has 0 heterocycles. The van der Waals surface area contributed by atoms with Gasteiger partial charge in [-0.05, 0) is 24.6 Å². The van der Waals surface area contributed by atoms with E-state index in [1.165, 1.54) is 13.0 Å². The van der Waals surface area contributed by atoms with Crippen LogP contribution in [-0.2, 0) is 24.4 Å². The van der Waals surface area contributed by atoms with Gasteiger partial charge in [-0.25, -0.2) is 8.42 Å². The van der Waals surface area contributed by atoms with Crippen LogP contribution in [0.15, 0.2) is 28.0 Å². The minimum atomic E-state index is -4.73. The SMILES string of the molecule is Cc1ccc(S(=O)(=O)OCCCl)cc1S(=O)(=O)[O-].[Na+]. The van der Waals surface area contributed by atoms with Gasteiger partial charge in [0, 0.05) is 5.88 Å². The van der Waals surface area contributed by atoms with Crippen LogP contribution in [0.25, 0.3) is 0 Å². The first kappa shape index (κ1) is 19.3. The minimum Gasteiger partial charge on any atom is -0.744 e. The molecule has 1 rings (SSSR count). The summed E-state index contributed by atoms with van der Waals surface area (Å²) in [6.07, 6.45) is 0. The van der Waals surface area contributed by atoms with Crippen LogP contribution in [0.3, 0.4) is 0 Å². The molecular formula is C9H10ClNaO6S2. The van der Waals surface area contributed by atoms with E-state index in [-0.39, 0.29) is 47.6 Å². The van der Waals surface area contributed by atoms with Crippen LogP contribution < -0.4 is 29.6 Å². The van der Waals surface area contributed by atoms with Crippen molar-refractivity contribution in [2.24, 2.45) is 0 Å². The maximum absolute atomic E-state index is 11.6. The summed E-state index contributed by atoms with van der Waals surface area (Å²) in [7, 11) is -8.84. The molecule has 0 atom stereocenters. The number of rotatable bonds is 5. The molecule has 0 amide bonds. The Labute approximate surface area is 139 Å². The zero-order chi connectivity index (χ0) is 14.0. The van der Waals surface area contributed by atoms with Crippen molar-refractivity contribution >= 4 is 31.8 Å². The normalized spacial score (nSPS) is 11.9. The molecule has 0 N–H and O–H groups in total. The third kappa shape index (κ3) is 5.31. The first-order valence-corrected chi connectivity index (χ1v) is 8.05. The molecule has 19 heavy (non-hydrogen) atoms. The summed E-state index contributed by atoms with van der Waals surface area (Å²) >= 11 is 5.29. The van der Waals surface area contributed by atoms with Gasteiger partial charge < -0.3 is 4.55 Å². The molecule has 0 aliphatic rings. The van der Waals surface area contributed by atoms with Crippen LogP contribution in [-0.4, -0.2) is 33.9 Å². The van der Waals surface area contributed by atoms with Gasteiger partial charge in [-0.15, -0.1) is 11.6 Å². The molecule has 1 aromatic carbocycles. The summed E-state index contributed by atoms with van der Waals surface area (Å²) < 4.78 is 60.5. The number of hydrogen-bond donors (Lipinski definition) is 0. The van der Waals surface area contributed by atoms with Gasteiger partial charge in [0.2, 0.25) is 0 Å². The van der Waals surface area contributed by atoms with Crippen LogP contribution in [0.4, 0.5) is 0 Å². The maximum Gasteiger partial charge on any atom is 1.00 e. The summed E-state index contributed by atoms with van der Waals surface area (Å²) in [4.78, 5) is -0.981. The molecule has 0 spiro atoms. The van der Waals surface area contributed by atoms with Crippen molar-refractivity contribution in [1.82, 2.24) is 0 Å². The van der Waals surface area contributed by atoms with Gasteiger partial charge >= 0.3 is 29.6 Å². The number of aryl methyl sites for hydroxylation is 1. The Bertz CT molecular complexity index is 641. The molecule has 0 aromatic heterocycles. The monoisotopic (exact) mass is 336 g/mol. The van der Waals surface area contributed by atoms with Crippen molar-refractivity contribution in [1.29, 1.82) is 0 Å². The van der Waals surface area contributed by atoms with E-state index in [4.69, 9.17) is 11.6 Å². The van der Waals surface area contributed by atoms with Crippen molar-refractivity contribution in [2.75, 3.05) is 12.5 Å². The van der Waals surface area contributed by atoms with Crippen molar-refractivity contribution < 1.29 is 55.1 Å². The van der Waals surface area contributed by atoms with E-state index in [1.807, 2.05) is 0 Å². The fourth-order valence-corrected chi connectivity index (χ4v) is 3.13. The summed E-state index contributed by atoms with van der Waals surface area (Å²) in [5.74, 6) is -0.0300. The molecule has 0 aliphatic carbocycles. The van der Waals surface area contributed by atoms with Gasteiger partial charge in [0.1, 0.15) is 10.1 Å². The molecule has 0 fully saturated rings. The molecular weight excluding hydrogens is 327 g/mol. The largest absolute Gasteiger partial charge is 1.00 e.